The van der Waals surface area contributed by atoms with Crippen molar-refractivity contribution < 1.29 is 24.9 Å². The van der Waals surface area contributed by atoms with Crippen molar-refractivity contribution in [3.8, 4) is 0 Å². The zero-order chi connectivity index (χ0) is 10.4. The molecule has 0 heterocycles. The van der Waals surface area contributed by atoms with E-state index in [1.54, 1.807) is 0 Å². The molecule has 0 rings (SSSR count). The van der Waals surface area contributed by atoms with E-state index in [1.807, 2.05) is 5.32 Å². The second kappa shape index (κ2) is 5.46. The van der Waals surface area contributed by atoms with Crippen molar-refractivity contribution in [2.75, 3.05) is 13.2 Å². The molecule has 2 atom stereocenters. The van der Waals surface area contributed by atoms with E-state index >= 15 is 0 Å². The molecule has 0 aromatic rings. The average Bonchev–Trinajstić information content (AvgIpc) is 2.11. The van der Waals surface area contributed by atoms with Crippen LogP contribution in [0.5, 0.6) is 0 Å². The molecule has 6 N–H and O–H groups in total. The summed E-state index contributed by atoms with van der Waals surface area (Å²) in [5, 5.41) is 27.3. The number of carboxylic acids is 1. The van der Waals surface area contributed by atoms with Crippen LogP contribution in [0.3, 0.4) is 0 Å². The largest absolute Gasteiger partial charge is 0.480 e. The van der Waals surface area contributed by atoms with Crippen LogP contribution in [-0.2, 0) is 9.59 Å². The van der Waals surface area contributed by atoms with Crippen molar-refractivity contribution in [1.29, 1.82) is 0 Å². The monoisotopic (exact) mass is 192 g/mol. The van der Waals surface area contributed by atoms with E-state index < -0.39 is 37.2 Å². The number of carbonyl (C=O) groups excluding carboxylic acids is 1. The normalized spacial score (nSPS) is 14.7. The van der Waals surface area contributed by atoms with Gasteiger partial charge in [0.2, 0.25) is 5.91 Å². The standard InChI is InChI=1S/C6H12N2O5/c7-3(1-9)5(11)8-4(2-10)6(12)13/h3-4,9-10H,1-2,7H2,(H,8,11)(H,12,13)/t3-,4+/m0/s1. The third kappa shape index (κ3) is 3.83. The third-order valence-electron chi connectivity index (χ3n) is 1.33. The molecule has 0 aliphatic carbocycles. The summed E-state index contributed by atoms with van der Waals surface area (Å²) in [6, 6.07) is -2.56. The summed E-state index contributed by atoms with van der Waals surface area (Å²) >= 11 is 0. The first-order valence-corrected chi connectivity index (χ1v) is 3.53. The van der Waals surface area contributed by atoms with E-state index in [9.17, 15) is 9.59 Å². The summed E-state index contributed by atoms with van der Waals surface area (Å²) in [4.78, 5) is 21.2. The van der Waals surface area contributed by atoms with Crippen molar-refractivity contribution in [3.05, 3.63) is 0 Å². The summed E-state index contributed by atoms with van der Waals surface area (Å²) in [6.45, 7) is -1.30. The topological polar surface area (TPSA) is 133 Å². The summed E-state index contributed by atoms with van der Waals surface area (Å²) in [7, 11) is 0. The van der Waals surface area contributed by atoms with E-state index in [2.05, 4.69) is 0 Å². The van der Waals surface area contributed by atoms with Gasteiger partial charge in [-0.15, -0.1) is 0 Å². The van der Waals surface area contributed by atoms with Gasteiger partial charge in [0.15, 0.2) is 0 Å². The van der Waals surface area contributed by atoms with Gasteiger partial charge in [-0.25, -0.2) is 4.79 Å². The van der Waals surface area contributed by atoms with Gasteiger partial charge in [0, 0.05) is 0 Å². The predicted octanol–water partition coefficient (Wildman–Crippen LogP) is -3.13. The molecule has 1 amide bonds. The number of aliphatic hydroxyl groups excluding tert-OH is 2. The molecule has 0 saturated heterocycles. The third-order valence-corrected chi connectivity index (χ3v) is 1.33. The fourth-order valence-electron chi connectivity index (χ4n) is 0.547. The van der Waals surface area contributed by atoms with Gasteiger partial charge in [-0.3, -0.25) is 4.79 Å². The van der Waals surface area contributed by atoms with E-state index in [-0.39, 0.29) is 0 Å². The average molecular weight is 192 g/mol. The van der Waals surface area contributed by atoms with Crippen LogP contribution in [0.25, 0.3) is 0 Å². The van der Waals surface area contributed by atoms with Gasteiger partial charge in [0.05, 0.1) is 13.2 Å². The number of aliphatic hydroxyl groups is 2. The van der Waals surface area contributed by atoms with Gasteiger partial charge in [-0.2, -0.15) is 0 Å². The van der Waals surface area contributed by atoms with Crippen molar-refractivity contribution in [2.24, 2.45) is 5.73 Å². The molecule has 0 aliphatic heterocycles. The fourth-order valence-corrected chi connectivity index (χ4v) is 0.547. The van der Waals surface area contributed by atoms with E-state index in [1.165, 1.54) is 0 Å². The summed E-state index contributed by atoms with van der Waals surface area (Å²) < 4.78 is 0. The maximum absolute atomic E-state index is 10.9. The molecule has 0 saturated carbocycles. The zero-order valence-electron chi connectivity index (χ0n) is 6.80. The quantitative estimate of drug-likeness (QED) is 0.313. The number of aliphatic carboxylic acids is 1. The first-order valence-electron chi connectivity index (χ1n) is 3.53. The lowest BCUT2D eigenvalue weighted by Crippen LogP contribution is -2.51. The highest BCUT2D eigenvalue weighted by molar-refractivity contribution is 5.86. The van der Waals surface area contributed by atoms with Crippen LogP contribution in [0.2, 0.25) is 0 Å². The minimum Gasteiger partial charge on any atom is -0.480 e. The lowest BCUT2D eigenvalue weighted by molar-refractivity contribution is -0.143. The Kier molecular flexibility index (Phi) is 4.97. The number of rotatable bonds is 5. The van der Waals surface area contributed by atoms with E-state index in [0.717, 1.165) is 0 Å². The van der Waals surface area contributed by atoms with Crippen molar-refractivity contribution in [3.63, 3.8) is 0 Å². The number of carboxylic acid groups (broad SMARTS) is 1. The minimum absolute atomic E-state index is 0.580. The number of amides is 1. The Morgan fingerprint density at radius 3 is 2.15 bits per heavy atom. The molecule has 0 aromatic heterocycles. The first kappa shape index (κ1) is 11.8. The van der Waals surface area contributed by atoms with Crippen LogP contribution in [0.1, 0.15) is 0 Å². The molecule has 0 aliphatic rings. The first-order chi connectivity index (χ1) is 6.02. The Hall–Kier alpha value is -1.18. The molecule has 0 bridgehead atoms. The number of hydrogen-bond acceptors (Lipinski definition) is 5. The van der Waals surface area contributed by atoms with Gasteiger partial charge in [-0.05, 0) is 0 Å². The number of carbonyl (C=O) groups is 2. The molecule has 7 heteroatoms. The van der Waals surface area contributed by atoms with Crippen molar-refractivity contribution >= 4 is 11.9 Å². The fraction of sp³-hybridized carbons (Fsp3) is 0.667. The molecular formula is C6H12N2O5. The SMILES string of the molecule is N[C@@H](CO)C(=O)N[C@H](CO)C(=O)O. The molecule has 0 aromatic carbocycles. The lowest BCUT2D eigenvalue weighted by atomic mass is 10.2. The van der Waals surface area contributed by atoms with Crippen LogP contribution in [0.15, 0.2) is 0 Å². The molecule has 0 fully saturated rings. The second-order valence-electron chi connectivity index (χ2n) is 2.37. The predicted molar refractivity (Wildman–Crippen MR) is 41.7 cm³/mol. The van der Waals surface area contributed by atoms with Gasteiger partial charge in [-0.1, -0.05) is 0 Å². The Bertz CT molecular complexity index is 195. The highest BCUT2D eigenvalue weighted by Gasteiger charge is 2.21. The maximum atomic E-state index is 10.9. The van der Waals surface area contributed by atoms with E-state index in [0.29, 0.717) is 0 Å². The van der Waals surface area contributed by atoms with Crippen LogP contribution in [0.4, 0.5) is 0 Å². The van der Waals surface area contributed by atoms with Gasteiger partial charge in [0.1, 0.15) is 12.1 Å². The maximum Gasteiger partial charge on any atom is 0.328 e. The molecular weight excluding hydrogens is 180 g/mol. The smallest absolute Gasteiger partial charge is 0.328 e. The zero-order valence-corrected chi connectivity index (χ0v) is 6.80. The van der Waals surface area contributed by atoms with Crippen molar-refractivity contribution in [1.82, 2.24) is 5.32 Å². The summed E-state index contributed by atoms with van der Waals surface area (Å²) in [5.41, 5.74) is 5.08. The van der Waals surface area contributed by atoms with Gasteiger partial charge in [0.25, 0.3) is 0 Å². The minimum atomic E-state index is -1.38. The lowest BCUT2D eigenvalue weighted by Gasteiger charge is -2.14. The molecule has 0 unspecified atom stereocenters. The Morgan fingerprint density at radius 1 is 1.31 bits per heavy atom. The highest BCUT2D eigenvalue weighted by Crippen LogP contribution is 1.84. The highest BCUT2D eigenvalue weighted by atomic mass is 16.4. The van der Waals surface area contributed by atoms with Crippen LogP contribution in [0, 0.1) is 0 Å². The Labute approximate surface area is 74.2 Å². The summed E-state index contributed by atoms with van der Waals surface area (Å²) in [5.74, 6) is -2.18. The molecule has 0 radical (unpaired) electrons. The van der Waals surface area contributed by atoms with Crippen LogP contribution in [-0.4, -0.2) is 52.5 Å². The molecule has 7 nitrogen and oxygen atoms in total. The van der Waals surface area contributed by atoms with Gasteiger partial charge < -0.3 is 26.4 Å². The molecule has 0 spiro atoms. The summed E-state index contributed by atoms with van der Waals surface area (Å²) in [6.07, 6.45) is 0. The van der Waals surface area contributed by atoms with Gasteiger partial charge >= 0.3 is 5.97 Å². The number of nitrogens with two attached hydrogens (primary N) is 1. The second-order valence-corrected chi connectivity index (χ2v) is 2.37. The van der Waals surface area contributed by atoms with E-state index in [4.69, 9.17) is 21.1 Å². The Balaban J connectivity index is 4.09. The van der Waals surface area contributed by atoms with Crippen LogP contribution < -0.4 is 11.1 Å². The van der Waals surface area contributed by atoms with Crippen LogP contribution >= 0.6 is 0 Å². The number of hydrogen-bond donors (Lipinski definition) is 5. The van der Waals surface area contributed by atoms with Crippen molar-refractivity contribution in [2.45, 2.75) is 12.1 Å². The molecule has 76 valence electrons. The molecule has 13 heavy (non-hydrogen) atoms. The Morgan fingerprint density at radius 2 is 1.85 bits per heavy atom. The number of nitrogens with one attached hydrogen (secondary N) is 1.